The molecule has 0 spiro atoms. The van der Waals surface area contributed by atoms with Gasteiger partial charge in [-0.3, -0.25) is 0 Å². The summed E-state index contributed by atoms with van der Waals surface area (Å²) >= 11 is 0. The molecule has 0 radical (unpaired) electrons. The van der Waals surface area contributed by atoms with Crippen LogP contribution in [0.5, 0.6) is 0 Å². The summed E-state index contributed by atoms with van der Waals surface area (Å²) in [5.74, 6) is 0. The fourth-order valence-corrected chi connectivity index (χ4v) is 3.08. The molecule has 4 nitrogen and oxygen atoms in total. The highest BCUT2D eigenvalue weighted by Gasteiger charge is 2.06. The van der Waals surface area contributed by atoms with E-state index in [9.17, 15) is 9.59 Å². The molecule has 0 amide bonds. The predicted octanol–water partition coefficient (Wildman–Crippen LogP) is 5.35. The van der Waals surface area contributed by atoms with Crippen LogP contribution in [-0.2, 0) is 22.7 Å². The van der Waals surface area contributed by atoms with Crippen molar-refractivity contribution in [2.24, 2.45) is 9.98 Å². The Balaban J connectivity index is 0.000000188. The number of benzene rings is 4. The molecule has 0 aliphatic carbocycles. The van der Waals surface area contributed by atoms with Gasteiger partial charge in [0.1, 0.15) is 0 Å². The van der Waals surface area contributed by atoms with Crippen LogP contribution in [0.3, 0.4) is 0 Å². The van der Waals surface area contributed by atoms with Crippen molar-refractivity contribution in [2.45, 2.75) is 13.1 Å². The Morgan fingerprint density at radius 2 is 1.07 bits per heavy atom. The van der Waals surface area contributed by atoms with Gasteiger partial charge in [0, 0.05) is 0 Å². The Morgan fingerprint density at radius 3 is 1.64 bits per heavy atom. The summed E-state index contributed by atoms with van der Waals surface area (Å²) in [6.45, 7) is 0.493. The minimum Gasteiger partial charge on any atom is -0.211 e. The fourth-order valence-electron chi connectivity index (χ4n) is 3.08. The number of nitrogens with zero attached hydrogens (tertiary/aromatic N) is 2. The molecule has 0 aliphatic rings. The Hall–Kier alpha value is -3.84. The molecule has 0 heterocycles. The third-order valence-electron chi connectivity index (χ3n) is 4.41. The van der Waals surface area contributed by atoms with Crippen LogP contribution in [0.1, 0.15) is 11.1 Å². The molecule has 0 N–H and O–H groups in total. The summed E-state index contributed by atoms with van der Waals surface area (Å²) < 4.78 is 0. The van der Waals surface area contributed by atoms with Crippen molar-refractivity contribution in [3.8, 4) is 0 Å². The van der Waals surface area contributed by atoms with Crippen LogP contribution in [0, 0.1) is 0 Å². The van der Waals surface area contributed by atoms with Gasteiger partial charge in [0.2, 0.25) is 12.2 Å². The van der Waals surface area contributed by atoms with Crippen molar-refractivity contribution in [3.05, 3.63) is 96.1 Å². The summed E-state index contributed by atoms with van der Waals surface area (Å²) in [5, 5.41) is 4.69. The zero-order valence-corrected chi connectivity index (χ0v) is 15.2. The maximum Gasteiger partial charge on any atom is 0.235 e. The van der Waals surface area contributed by atoms with Gasteiger partial charge in [0.25, 0.3) is 0 Å². The Morgan fingerprint density at radius 1 is 0.571 bits per heavy atom. The van der Waals surface area contributed by atoms with Crippen molar-refractivity contribution >= 4 is 33.7 Å². The number of rotatable bonds is 4. The maximum atomic E-state index is 10.3. The zero-order valence-electron chi connectivity index (χ0n) is 15.2. The Bertz CT molecular complexity index is 1120. The highest BCUT2D eigenvalue weighted by atomic mass is 16.1. The SMILES string of the molecule is O=C=NCc1ccc2ccccc2c1CN=C=O.c1ccc2ccccc2c1. The lowest BCUT2D eigenvalue weighted by molar-refractivity contribution is 0.561. The topological polar surface area (TPSA) is 58.9 Å². The number of hydrogen-bond acceptors (Lipinski definition) is 4. The molecule has 0 saturated carbocycles. The normalized spacial score (nSPS) is 9.71. The second kappa shape index (κ2) is 9.75. The third-order valence-corrected chi connectivity index (χ3v) is 4.41. The lowest BCUT2D eigenvalue weighted by Gasteiger charge is -2.08. The summed E-state index contributed by atoms with van der Waals surface area (Å²) in [6, 6.07) is 28.4. The molecule has 0 aliphatic heterocycles. The molecule has 136 valence electrons. The van der Waals surface area contributed by atoms with Crippen LogP contribution in [0.25, 0.3) is 21.5 Å². The number of aliphatic imine (C=N–C) groups is 2. The first kappa shape index (κ1) is 18.9. The van der Waals surface area contributed by atoms with Crippen molar-refractivity contribution in [1.82, 2.24) is 0 Å². The van der Waals surface area contributed by atoms with Gasteiger partial charge >= 0.3 is 0 Å². The van der Waals surface area contributed by atoms with Gasteiger partial charge in [-0.1, -0.05) is 84.9 Å². The average molecular weight is 366 g/mol. The molecular formula is C24H18N2O2. The van der Waals surface area contributed by atoms with Crippen LogP contribution in [-0.4, -0.2) is 12.2 Å². The van der Waals surface area contributed by atoms with E-state index in [1.807, 2.05) is 36.4 Å². The summed E-state index contributed by atoms with van der Waals surface area (Å²) in [4.78, 5) is 27.6. The maximum absolute atomic E-state index is 10.3. The number of isocyanates is 2. The van der Waals surface area contributed by atoms with E-state index in [2.05, 4.69) is 58.5 Å². The highest BCUT2D eigenvalue weighted by molar-refractivity contribution is 5.87. The molecule has 4 heteroatoms. The molecule has 0 saturated heterocycles. The van der Waals surface area contributed by atoms with Gasteiger partial charge in [0.05, 0.1) is 13.1 Å². The van der Waals surface area contributed by atoms with E-state index in [1.54, 1.807) is 0 Å². The second-order valence-corrected chi connectivity index (χ2v) is 6.09. The molecule has 0 bridgehead atoms. The smallest absolute Gasteiger partial charge is 0.211 e. The molecule has 28 heavy (non-hydrogen) atoms. The van der Waals surface area contributed by atoms with Gasteiger partial charge in [-0.2, -0.15) is 0 Å². The molecule has 4 aromatic carbocycles. The van der Waals surface area contributed by atoms with E-state index in [0.717, 1.165) is 21.9 Å². The van der Waals surface area contributed by atoms with Gasteiger partial charge in [-0.25, -0.2) is 19.6 Å². The minimum atomic E-state index is 0.245. The summed E-state index contributed by atoms with van der Waals surface area (Å²) in [5.41, 5.74) is 1.77. The van der Waals surface area contributed by atoms with Crippen LogP contribution in [0.2, 0.25) is 0 Å². The van der Waals surface area contributed by atoms with Crippen molar-refractivity contribution in [2.75, 3.05) is 0 Å². The fraction of sp³-hybridized carbons (Fsp3) is 0.0833. The van der Waals surface area contributed by atoms with E-state index in [4.69, 9.17) is 0 Å². The highest BCUT2D eigenvalue weighted by Crippen LogP contribution is 2.24. The third kappa shape index (κ3) is 4.66. The minimum absolute atomic E-state index is 0.245. The predicted molar refractivity (Wildman–Crippen MR) is 112 cm³/mol. The van der Waals surface area contributed by atoms with Crippen LogP contribution in [0.15, 0.2) is 94.9 Å². The van der Waals surface area contributed by atoms with Crippen LogP contribution in [0.4, 0.5) is 0 Å². The van der Waals surface area contributed by atoms with Crippen molar-refractivity contribution in [1.29, 1.82) is 0 Å². The van der Waals surface area contributed by atoms with Gasteiger partial charge in [-0.05, 0) is 32.7 Å². The lowest BCUT2D eigenvalue weighted by atomic mass is 9.99. The molecular weight excluding hydrogens is 348 g/mol. The summed E-state index contributed by atoms with van der Waals surface area (Å²) in [6.07, 6.45) is 3.05. The summed E-state index contributed by atoms with van der Waals surface area (Å²) in [7, 11) is 0. The largest absolute Gasteiger partial charge is 0.235 e. The zero-order chi connectivity index (χ0) is 19.6. The Labute approximate surface area is 162 Å². The van der Waals surface area contributed by atoms with Gasteiger partial charge in [0.15, 0.2) is 0 Å². The first-order valence-corrected chi connectivity index (χ1v) is 8.84. The van der Waals surface area contributed by atoms with Crippen LogP contribution < -0.4 is 0 Å². The van der Waals surface area contributed by atoms with E-state index in [1.165, 1.54) is 22.9 Å². The van der Waals surface area contributed by atoms with Crippen molar-refractivity contribution in [3.63, 3.8) is 0 Å². The molecule has 0 atom stereocenters. The molecule has 0 aromatic heterocycles. The second-order valence-electron chi connectivity index (χ2n) is 6.09. The molecule has 4 aromatic rings. The number of fused-ring (bicyclic) bond motifs is 2. The first-order valence-electron chi connectivity index (χ1n) is 8.84. The molecule has 0 unspecified atom stereocenters. The van der Waals surface area contributed by atoms with Gasteiger partial charge < -0.3 is 0 Å². The van der Waals surface area contributed by atoms with Gasteiger partial charge in [-0.15, -0.1) is 0 Å². The van der Waals surface area contributed by atoms with E-state index in [-0.39, 0.29) is 13.1 Å². The van der Waals surface area contributed by atoms with E-state index >= 15 is 0 Å². The number of hydrogen-bond donors (Lipinski definition) is 0. The molecule has 0 fully saturated rings. The molecule has 4 rings (SSSR count). The van der Waals surface area contributed by atoms with Crippen molar-refractivity contribution < 1.29 is 9.59 Å². The van der Waals surface area contributed by atoms with Crippen LogP contribution >= 0.6 is 0 Å². The lowest BCUT2D eigenvalue weighted by Crippen LogP contribution is -1.94. The quantitative estimate of drug-likeness (QED) is 0.361. The van der Waals surface area contributed by atoms with E-state index in [0.29, 0.717) is 0 Å². The Kier molecular flexibility index (Phi) is 6.59. The van der Waals surface area contributed by atoms with E-state index < -0.39 is 0 Å². The number of carbonyl (C=O) groups excluding carboxylic acids is 2. The standard InChI is InChI=1S/C14H10N2O2.C10H8/c17-9-15-7-12-6-5-11-3-1-2-4-13(11)14(12)8-16-10-18;1-2-6-10-8-4-3-7-9(10)5-1/h1-6H,7-8H2;1-8H. The monoisotopic (exact) mass is 366 g/mol. The average Bonchev–Trinajstić information content (AvgIpc) is 2.77. The first-order chi connectivity index (χ1) is 13.8.